The van der Waals surface area contributed by atoms with Gasteiger partial charge >= 0.3 is 15.2 Å². The molecule has 3 aromatic carbocycles. The molecule has 4 rings (SSSR count). The summed E-state index contributed by atoms with van der Waals surface area (Å²) in [6, 6.07) is 19.6. The third-order valence-corrected chi connectivity index (χ3v) is 10.3. The van der Waals surface area contributed by atoms with Gasteiger partial charge in [-0.15, -0.1) is 0 Å². The number of rotatable bonds is 8. The predicted molar refractivity (Wildman–Crippen MR) is 143 cm³/mol. The molecular weight excluding hydrogens is 532 g/mol. The lowest BCUT2D eigenvalue weighted by atomic mass is 9.79. The van der Waals surface area contributed by atoms with Gasteiger partial charge in [0.05, 0.1) is 5.69 Å². The van der Waals surface area contributed by atoms with Gasteiger partial charge in [0.25, 0.3) is 0 Å². The Bertz CT molecular complexity index is 1450. The van der Waals surface area contributed by atoms with Crippen LogP contribution in [0.3, 0.4) is 0 Å². The van der Waals surface area contributed by atoms with Crippen LogP contribution >= 0.6 is 15.2 Å². The van der Waals surface area contributed by atoms with Crippen molar-refractivity contribution in [1.29, 1.82) is 0 Å². The van der Waals surface area contributed by atoms with E-state index in [2.05, 4.69) is 5.32 Å². The van der Waals surface area contributed by atoms with Gasteiger partial charge in [-0.1, -0.05) is 42.5 Å². The van der Waals surface area contributed by atoms with E-state index >= 15 is 0 Å². The molecule has 0 atom stereocenters. The maximum absolute atomic E-state index is 12.6. The maximum atomic E-state index is 12.6. The summed E-state index contributed by atoms with van der Waals surface area (Å²) in [7, 11) is -10.3. The van der Waals surface area contributed by atoms with Gasteiger partial charge in [-0.25, -0.2) is 0 Å². The molecule has 12 heteroatoms. The zero-order valence-electron chi connectivity index (χ0n) is 20.1. The molecule has 0 aromatic heterocycles. The Kier molecular flexibility index (Phi) is 7.95. The smallest absolute Gasteiger partial charge is 0.340 e. The molecule has 1 amide bonds. The van der Waals surface area contributed by atoms with Gasteiger partial charge in [-0.3, -0.25) is 13.9 Å². The minimum Gasteiger partial charge on any atom is -0.508 e. The van der Waals surface area contributed by atoms with E-state index in [0.29, 0.717) is 12.8 Å². The monoisotopic (exact) mass is 559 g/mol. The molecule has 200 valence electrons. The van der Waals surface area contributed by atoms with Crippen LogP contribution in [0.4, 0.5) is 5.69 Å². The first kappa shape index (κ1) is 27.8. The molecule has 0 radical (unpaired) electrons. The van der Waals surface area contributed by atoms with Crippen molar-refractivity contribution in [3.63, 3.8) is 0 Å². The Morgan fingerprint density at radius 3 is 2.08 bits per heavy atom. The molecule has 1 aliphatic rings. The van der Waals surface area contributed by atoms with E-state index < -0.39 is 39.3 Å². The Hall–Kier alpha value is -3.23. The number of fused-ring (bicyclic) bond motifs is 1. The van der Waals surface area contributed by atoms with Gasteiger partial charge in [0, 0.05) is 6.42 Å². The average Bonchev–Trinajstić information content (AvgIpc) is 2.83. The first-order chi connectivity index (χ1) is 17.8. The van der Waals surface area contributed by atoms with E-state index in [1.807, 2.05) is 42.5 Å². The number of aryl methyl sites for hydroxylation is 1. The number of allylic oxidation sites excluding steroid dienone is 1. The zero-order chi connectivity index (χ0) is 27.7. The Balaban J connectivity index is 1.70. The molecule has 0 heterocycles. The number of nitrogens with one attached hydrogen (secondary N) is 1. The minimum absolute atomic E-state index is 0.0537. The maximum Gasteiger partial charge on any atom is 0.340 e. The number of aromatic hydroxyl groups is 2. The van der Waals surface area contributed by atoms with E-state index in [1.165, 1.54) is 0 Å². The summed E-state index contributed by atoms with van der Waals surface area (Å²) in [6.45, 7) is 0. The third kappa shape index (κ3) is 6.25. The summed E-state index contributed by atoms with van der Waals surface area (Å²) in [6.07, 6.45) is -0.0565. The molecule has 0 unspecified atom stereocenters. The predicted octanol–water partition coefficient (Wildman–Crippen LogP) is 4.40. The number of phenolic OH excluding ortho intramolecular Hbond substituents is 2. The summed E-state index contributed by atoms with van der Waals surface area (Å²) < 4.78 is 23.0. The van der Waals surface area contributed by atoms with E-state index in [4.69, 9.17) is 0 Å². The lowest BCUT2D eigenvalue weighted by molar-refractivity contribution is -0.116. The highest BCUT2D eigenvalue weighted by molar-refractivity contribution is 7.70. The standard InChI is InChI=1S/C26H27NO9P2/c28-19-9-6-16(7-10-19)20-11-8-18-14-23(29)22(15-21(18)26(20)17-4-2-1-3-5-17)27-24(30)12-13-25(37(31,32)33)38(34,35)36/h1-7,9-10,14-15,25,28-29H,8,11-13H2,(H,27,30)(H2,31,32,33)(H2,34,35,36). The van der Waals surface area contributed by atoms with Crippen molar-refractivity contribution in [2.75, 3.05) is 5.32 Å². The zero-order valence-corrected chi connectivity index (χ0v) is 21.8. The molecule has 0 spiro atoms. The van der Waals surface area contributed by atoms with Gasteiger partial charge in [-0.2, -0.15) is 0 Å². The summed E-state index contributed by atoms with van der Waals surface area (Å²) in [5, 5.41) is 20.6. The highest BCUT2D eigenvalue weighted by Crippen LogP contribution is 2.61. The number of benzene rings is 3. The first-order valence-electron chi connectivity index (χ1n) is 11.7. The van der Waals surface area contributed by atoms with Crippen LogP contribution in [0.15, 0.2) is 66.7 Å². The van der Waals surface area contributed by atoms with Crippen molar-refractivity contribution in [2.24, 2.45) is 0 Å². The second-order valence-electron chi connectivity index (χ2n) is 9.04. The van der Waals surface area contributed by atoms with E-state index in [1.54, 1.807) is 24.3 Å². The van der Waals surface area contributed by atoms with Crippen LogP contribution in [0.25, 0.3) is 11.1 Å². The molecule has 3 aromatic rings. The fraction of sp³-hybridized carbons (Fsp3) is 0.192. The van der Waals surface area contributed by atoms with Gasteiger partial charge in [-0.05, 0) is 76.9 Å². The molecule has 1 aliphatic carbocycles. The van der Waals surface area contributed by atoms with Crippen molar-refractivity contribution in [1.82, 2.24) is 0 Å². The number of hydrogen-bond acceptors (Lipinski definition) is 5. The summed E-state index contributed by atoms with van der Waals surface area (Å²) in [4.78, 5) is 49.8. The fourth-order valence-electron chi connectivity index (χ4n) is 4.61. The van der Waals surface area contributed by atoms with Crippen LogP contribution in [0.5, 0.6) is 11.5 Å². The number of carbonyl (C=O) groups is 1. The van der Waals surface area contributed by atoms with Crippen LogP contribution in [-0.4, -0.2) is 41.1 Å². The van der Waals surface area contributed by atoms with Crippen molar-refractivity contribution in [3.05, 3.63) is 89.0 Å². The first-order valence-corrected chi connectivity index (χ1v) is 15.1. The van der Waals surface area contributed by atoms with Crippen LogP contribution in [0, 0.1) is 0 Å². The number of amides is 1. The number of phenols is 2. The molecule has 0 aliphatic heterocycles. The number of anilines is 1. The molecule has 0 bridgehead atoms. The van der Waals surface area contributed by atoms with Crippen molar-refractivity contribution in [2.45, 2.75) is 31.1 Å². The Morgan fingerprint density at radius 2 is 1.47 bits per heavy atom. The van der Waals surface area contributed by atoms with Crippen LogP contribution < -0.4 is 5.32 Å². The molecule has 0 fully saturated rings. The van der Waals surface area contributed by atoms with Crippen molar-refractivity contribution < 1.29 is 43.7 Å². The summed E-state index contributed by atoms with van der Waals surface area (Å²) in [5.74, 6) is -0.840. The van der Waals surface area contributed by atoms with Gasteiger partial charge in [0.15, 0.2) is 5.40 Å². The third-order valence-electron chi connectivity index (χ3n) is 6.40. The van der Waals surface area contributed by atoms with Crippen molar-refractivity contribution >= 4 is 37.9 Å². The van der Waals surface area contributed by atoms with E-state index in [0.717, 1.165) is 33.4 Å². The highest BCUT2D eigenvalue weighted by atomic mass is 31.2. The molecule has 10 nitrogen and oxygen atoms in total. The average molecular weight is 559 g/mol. The normalized spacial score (nSPS) is 13.9. The van der Waals surface area contributed by atoms with Gasteiger partial charge in [0.2, 0.25) is 5.91 Å². The van der Waals surface area contributed by atoms with Crippen LogP contribution in [0.1, 0.15) is 41.5 Å². The second-order valence-corrected chi connectivity index (χ2v) is 13.0. The quantitative estimate of drug-likeness (QED) is 0.155. The Labute approximate surface area is 218 Å². The van der Waals surface area contributed by atoms with Gasteiger partial charge in [0.1, 0.15) is 11.5 Å². The molecule has 38 heavy (non-hydrogen) atoms. The molecular formula is C26H27NO9P2. The van der Waals surface area contributed by atoms with E-state index in [-0.39, 0.29) is 17.2 Å². The largest absolute Gasteiger partial charge is 0.508 e. The molecule has 0 saturated carbocycles. The summed E-state index contributed by atoms with van der Waals surface area (Å²) >= 11 is 0. The topological polar surface area (TPSA) is 185 Å². The lowest BCUT2D eigenvalue weighted by Crippen LogP contribution is -2.17. The second kappa shape index (κ2) is 10.9. The minimum atomic E-state index is -5.16. The van der Waals surface area contributed by atoms with E-state index in [9.17, 15) is 43.7 Å². The summed E-state index contributed by atoms with van der Waals surface area (Å²) in [5.41, 5.74) is 5.39. The number of hydrogen-bond donors (Lipinski definition) is 7. The van der Waals surface area contributed by atoms with Crippen molar-refractivity contribution in [3.8, 4) is 11.5 Å². The number of carbonyl (C=O) groups excluding carboxylic acids is 1. The van der Waals surface area contributed by atoms with Crippen LogP contribution in [-0.2, 0) is 20.3 Å². The molecule has 0 saturated heterocycles. The molecule has 7 N–H and O–H groups in total. The fourth-order valence-corrected chi connectivity index (χ4v) is 7.11. The Morgan fingerprint density at radius 1 is 0.842 bits per heavy atom. The van der Waals surface area contributed by atoms with Gasteiger partial charge < -0.3 is 35.1 Å². The van der Waals surface area contributed by atoms with Crippen LogP contribution in [0.2, 0.25) is 0 Å². The highest BCUT2D eigenvalue weighted by Gasteiger charge is 2.43. The lowest BCUT2D eigenvalue weighted by Gasteiger charge is -2.26. The SMILES string of the molecule is O=C(CCC(P(=O)(O)O)P(=O)(O)O)Nc1cc2c(cc1O)CCC(c1ccc(O)cc1)=C2c1ccccc1.